The molecule has 0 spiro atoms. The highest BCUT2D eigenvalue weighted by atomic mass is 16.7. The molecule has 3 fully saturated rings. The number of aliphatic hydroxyl groups excluding tert-OH is 2. The molecule has 3 heterocycles. The van der Waals surface area contributed by atoms with Crippen LogP contribution in [0.2, 0.25) is 0 Å². The van der Waals surface area contributed by atoms with E-state index in [4.69, 9.17) is 14.4 Å². The maximum absolute atomic E-state index is 12.2. The van der Waals surface area contributed by atoms with E-state index in [0.717, 1.165) is 24.7 Å². The van der Waals surface area contributed by atoms with E-state index >= 15 is 0 Å². The van der Waals surface area contributed by atoms with Crippen LogP contribution in [0.3, 0.4) is 0 Å². The monoisotopic (exact) mass is 418 g/mol. The molecule has 1 aromatic rings. The SMILES string of the molecule is CC1(C)OB(c2cnc(N(C3CC3)C3CCN(C(=O)C(O)CO)C3)nc2)OC1(C)C. The van der Waals surface area contributed by atoms with Crippen molar-refractivity contribution in [3.8, 4) is 0 Å². The van der Waals surface area contributed by atoms with Crippen LogP contribution in [0.4, 0.5) is 5.95 Å². The fourth-order valence-electron chi connectivity index (χ4n) is 4.00. The van der Waals surface area contributed by atoms with Crippen molar-refractivity contribution >= 4 is 24.4 Å². The summed E-state index contributed by atoms with van der Waals surface area (Å²) >= 11 is 0. The molecule has 1 amide bonds. The van der Waals surface area contributed by atoms with Gasteiger partial charge in [-0.05, 0) is 47.0 Å². The van der Waals surface area contributed by atoms with E-state index < -0.39 is 36.9 Å². The Hall–Kier alpha value is -1.75. The minimum absolute atomic E-state index is 0.0926. The molecule has 2 atom stereocenters. The largest absolute Gasteiger partial charge is 0.498 e. The van der Waals surface area contributed by atoms with Gasteiger partial charge in [-0.3, -0.25) is 4.79 Å². The van der Waals surface area contributed by atoms with Crippen molar-refractivity contribution < 1.29 is 24.3 Å². The van der Waals surface area contributed by atoms with E-state index in [0.29, 0.717) is 25.1 Å². The second-order valence-electron chi connectivity index (χ2n) is 9.47. The summed E-state index contributed by atoms with van der Waals surface area (Å²) in [6.07, 6.45) is 5.09. The third kappa shape index (κ3) is 3.93. The molecule has 10 heteroatoms. The first-order valence-electron chi connectivity index (χ1n) is 10.7. The first-order valence-corrected chi connectivity index (χ1v) is 10.7. The van der Waals surface area contributed by atoms with Crippen LogP contribution in [0.1, 0.15) is 47.0 Å². The van der Waals surface area contributed by atoms with Crippen molar-refractivity contribution in [1.29, 1.82) is 0 Å². The third-order valence-electron chi connectivity index (χ3n) is 6.68. The molecule has 0 aromatic carbocycles. The Morgan fingerprint density at radius 1 is 1.20 bits per heavy atom. The van der Waals surface area contributed by atoms with Crippen LogP contribution in [-0.4, -0.2) is 87.2 Å². The van der Waals surface area contributed by atoms with E-state index in [2.05, 4.69) is 14.9 Å². The van der Waals surface area contributed by atoms with Gasteiger partial charge in [-0.2, -0.15) is 0 Å². The number of amides is 1. The highest BCUT2D eigenvalue weighted by Gasteiger charge is 2.52. The zero-order chi connectivity index (χ0) is 21.7. The summed E-state index contributed by atoms with van der Waals surface area (Å²) in [5.74, 6) is 0.215. The van der Waals surface area contributed by atoms with Crippen molar-refractivity contribution in [2.24, 2.45) is 0 Å². The van der Waals surface area contributed by atoms with Gasteiger partial charge < -0.3 is 29.3 Å². The zero-order valence-electron chi connectivity index (χ0n) is 18.1. The molecule has 2 unspecified atom stereocenters. The van der Waals surface area contributed by atoms with E-state index in [-0.39, 0.29) is 6.04 Å². The van der Waals surface area contributed by atoms with E-state index in [9.17, 15) is 9.90 Å². The average molecular weight is 418 g/mol. The molecule has 1 aliphatic carbocycles. The smallest absolute Gasteiger partial charge is 0.399 e. The Balaban J connectivity index is 1.47. The molecule has 3 aliphatic rings. The van der Waals surface area contributed by atoms with Gasteiger partial charge in [-0.1, -0.05) is 0 Å². The van der Waals surface area contributed by atoms with Gasteiger partial charge in [0.25, 0.3) is 5.91 Å². The number of nitrogens with zero attached hydrogens (tertiary/aromatic N) is 4. The average Bonchev–Trinajstić information content (AvgIpc) is 3.36. The molecule has 164 valence electrons. The normalized spacial score (nSPS) is 26.1. The minimum Gasteiger partial charge on any atom is -0.399 e. The summed E-state index contributed by atoms with van der Waals surface area (Å²) in [4.78, 5) is 25.2. The molecule has 9 nitrogen and oxygen atoms in total. The molecular weight excluding hydrogens is 387 g/mol. The number of hydrogen-bond acceptors (Lipinski definition) is 8. The molecule has 2 aliphatic heterocycles. The van der Waals surface area contributed by atoms with Crippen LogP contribution in [-0.2, 0) is 14.1 Å². The first-order chi connectivity index (χ1) is 14.1. The van der Waals surface area contributed by atoms with E-state index in [1.807, 2.05) is 27.7 Å². The third-order valence-corrected chi connectivity index (χ3v) is 6.68. The maximum Gasteiger partial charge on any atom is 0.498 e. The number of aromatic nitrogens is 2. The second kappa shape index (κ2) is 7.74. The fourth-order valence-corrected chi connectivity index (χ4v) is 4.00. The van der Waals surface area contributed by atoms with Crippen molar-refractivity contribution in [3.05, 3.63) is 12.4 Å². The molecule has 4 rings (SSSR count). The Morgan fingerprint density at radius 2 is 1.80 bits per heavy atom. The van der Waals surface area contributed by atoms with Gasteiger partial charge in [0.15, 0.2) is 6.10 Å². The van der Waals surface area contributed by atoms with Gasteiger partial charge >= 0.3 is 7.12 Å². The lowest BCUT2D eigenvalue weighted by atomic mass is 9.81. The summed E-state index contributed by atoms with van der Waals surface area (Å²) < 4.78 is 12.2. The van der Waals surface area contributed by atoms with Gasteiger partial charge in [0.2, 0.25) is 5.95 Å². The lowest BCUT2D eigenvalue weighted by Gasteiger charge is -2.32. The number of carbonyl (C=O) groups excluding carboxylic acids is 1. The Labute approximate surface area is 177 Å². The second-order valence-corrected chi connectivity index (χ2v) is 9.47. The van der Waals surface area contributed by atoms with Gasteiger partial charge in [-0.15, -0.1) is 0 Å². The molecule has 0 radical (unpaired) electrons. The molecular formula is C20H31BN4O5. The van der Waals surface area contributed by atoms with Crippen LogP contribution in [0, 0.1) is 0 Å². The van der Waals surface area contributed by atoms with Crippen molar-refractivity contribution in [2.45, 2.75) is 76.3 Å². The van der Waals surface area contributed by atoms with Crippen molar-refractivity contribution in [1.82, 2.24) is 14.9 Å². The zero-order valence-corrected chi connectivity index (χ0v) is 18.1. The molecule has 30 heavy (non-hydrogen) atoms. The molecule has 0 bridgehead atoms. The lowest BCUT2D eigenvalue weighted by Crippen LogP contribution is -2.44. The van der Waals surface area contributed by atoms with Crippen molar-refractivity contribution in [2.75, 3.05) is 24.6 Å². The topological polar surface area (TPSA) is 108 Å². The first kappa shape index (κ1) is 21.5. The minimum atomic E-state index is -1.35. The molecule has 2 saturated heterocycles. The van der Waals surface area contributed by atoms with Crippen LogP contribution >= 0.6 is 0 Å². The fraction of sp³-hybridized carbons (Fsp3) is 0.750. The quantitative estimate of drug-likeness (QED) is 0.607. The van der Waals surface area contributed by atoms with Crippen LogP contribution in [0.15, 0.2) is 12.4 Å². The Kier molecular flexibility index (Phi) is 5.55. The highest BCUT2D eigenvalue weighted by molar-refractivity contribution is 6.61. The van der Waals surface area contributed by atoms with Gasteiger partial charge in [0.1, 0.15) is 0 Å². The van der Waals surface area contributed by atoms with Gasteiger partial charge in [0.05, 0.1) is 23.9 Å². The number of anilines is 1. The highest BCUT2D eigenvalue weighted by Crippen LogP contribution is 2.37. The summed E-state index contributed by atoms with van der Waals surface area (Å²) in [5, 5.41) is 18.7. The van der Waals surface area contributed by atoms with E-state index in [1.54, 1.807) is 17.3 Å². The number of hydrogen-bond donors (Lipinski definition) is 2. The molecule has 2 N–H and O–H groups in total. The summed E-state index contributed by atoms with van der Waals surface area (Å²) in [6.45, 7) is 8.53. The molecule has 1 aromatic heterocycles. The number of likely N-dealkylation sites (tertiary alicyclic amines) is 1. The molecule has 1 saturated carbocycles. The van der Waals surface area contributed by atoms with Crippen LogP contribution < -0.4 is 10.4 Å². The Morgan fingerprint density at radius 3 is 2.33 bits per heavy atom. The van der Waals surface area contributed by atoms with Gasteiger partial charge in [0, 0.05) is 37.0 Å². The maximum atomic E-state index is 12.2. The lowest BCUT2D eigenvalue weighted by molar-refractivity contribution is -0.141. The van der Waals surface area contributed by atoms with E-state index in [1.165, 1.54) is 0 Å². The Bertz CT molecular complexity index is 770. The summed E-state index contributed by atoms with van der Waals surface area (Å²) in [5.41, 5.74) is -0.0625. The van der Waals surface area contributed by atoms with Crippen LogP contribution in [0.5, 0.6) is 0 Å². The standard InChI is InChI=1S/C20H31BN4O5/c1-19(2)20(3,4)30-21(29-19)13-9-22-18(23-10-13)25(14-5-6-14)15-7-8-24(11-15)17(28)16(27)12-26/h9-10,14-16,26-27H,5-8,11-12H2,1-4H3. The summed E-state index contributed by atoms with van der Waals surface area (Å²) in [7, 11) is -0.502. The number of carbonyl (C=O) groups is 1. The van der Waals surface area contributed by atoms with Crippen LogP contribution in [0.25, 0.3) is 0 Å². The predicted molar refractivity (Wildman–Crippen MR) is 111 cm³/mol. The number of rotatable bonds is 6. The van der Waals surface area contributed by atoms with Gasteiger partial charge in [-0.25, -0.2) is 9.97 Å². The predicted octanol–water partition coefficient (Wildman–Crippen LogP) is -0.301. The number of aliphatic hydroxyl groups is 2. The van der Waals surface area contributed by atoms with Crippen molar-refractivity contribution in [3.63, 3.8) is 0 Å². The summed E-state index contributed by atoms with van der Waals surface area (Å²) in [6, 6.07) is 0.463.